The topological polar surface area (TPSA) is 94.5 Å². The zero-order valence-electron chi connectivity index (χ0n) is 19.6. The van der Waals surface area contributed by atoms with Gasteiger partial charge in [-0.3, -0.25) is 14.9 Å². The van der Waals surface area contributed by atoms with Gasteiger partial charge in [0.25, 0.3) is 0 Å². The molecule has 0 radical (unpaired) electrons. The van der Waals surface area contributed by atoms with Crippen LogP contribution in [0.3, 0.4) is 0 Å². The zero-order valence-corrected chi connectivity index (χ0v) is 19.6. The Balaban J connectivity index is 1.16. The van der Waals surface area contributed by atoms with Gasteiger partial charge in [-0.15, -0.1) is 0 Å². The number of aliphatic hydroxyl groups excluding tert-OH is 1. The van der Waals surface area contributed by atoms with Crippen LogP contribution in [0.25, 0.3) is 0 Å². The van der Waals surface area contributed by atoms with E-state index in [4.69, 9.17) is 4.74 Å². The van der Waals surface area contributed by atoms with Gasteiger partial charge in [0.1, 0.15) is 11.8 Å². The first-order valence-electron chi connectivity index (χ1n) is 11.9. The van der Waals surface area contributed by atoms with E-state index in [-0.39, 0.29) is 24.5 Å². The number of ether oxygens (including phenoxy) is 1. The second-order valence-corrected chi connectivity index (χ2v) is 8.64. The van der Waals surface area contributed by atoms with E-state index >= 15 is 0 Å². The number of nitrogens with one attached hydrogen (secondary N) is 1. The molecule has 0 aliphatic carbocycles. The lowest BCUT2D eigenvalue weighted by atomic mass is 10.1. The molecule has 0 bridgehead atoms. The standard InChI is InChI=1S/C26H32N4O4/c1-19-25(33)28-26-27-23-13-12-22(17-20(23)18-30(19)26)34-16-8-3-2-7-11-24(32)29(14-15-31)21-9-5-4-6-10-21/h4-6,9-10,12-13,17,19,31H,2-3,7-8,11,14-16,18H2,1H3,(H,27,28,33). The number of aliphatic imine (C=N–C) groups is 1. The molecule has 0 aromatic heterocycles. The summed E-state index contributed by atoms with van der Waals surface area (Å²) in [5, 5.41) is 12.1. The van der Waals surface area contributed by atoms with Crippen molar-refractivity contribution in [3.8, 4) is 5.75 Å². The first-order chi connectivity index (χ1) is 16.6. The average Bonchev–Trinajstić information content (AvgIpc) is 3.13. The molecule has 0 saturated carbocycles. The van der Waals surface area contributed by atoms with Gasteiger partial charge in [0, 0.05) is 30.8 Å². The van der Waals surface area contributed by atoms with Crippen molar-refractivity contribution in [2.75, 3.05) is 24.7 Å². The molecule has 1 atom stereocenters. The number of hydrogen-bond acceptors (Lipinski definition) is 6. The summed E-state index contributed by atoms with van der Waals surface area (Å²) in [7, 11) is 0. The first kappa shape index (κ1) is 23.8. The van der Waals surface area contributed by atoms with Crippen molar-refractivity contribution >= 4 is 29.1 Å². The third kappa shape index (κ3) is 5.56. The lowest BCUT2D eigenvalue weighted by molar-refractivity contribution is -0.121. The number of amides is 2. The van der Waals surface area contributed by atoms with E-state index in [9.17, 15) is 14.7 Å². The van der Waals surface area contributed by atoms with Gasteiger partial charge in [0.15, 0.2) is 0 Å². The molecule has 180 valence electrons. The number of unbranched alkanes of at least 4 members (excludes halogenated alkanes) is 3. The van der Waals surface area contributed by atoms with Crippen LogP contribution in [0.15, 0.2) is 53.5 Å². The van der Waals surface area contributed by atoms with Crippen LogP contribution < -0.4 is 15.0 Å². The lowest BCUT2D eigenvalue weighted by Crippen LogP contribution is -2.35. The van der Waals surface area contributed by atoms with Crippen LogP contribution in [0.4, 0.5) is 11.4 Å². The van der Waals surface area contributed by atoms with Crippen molar-refractivity contribution in [3.05, 3.63) is 54.1 Å². The van der Waals surface area contributed by atoms with Gasteiger partial charge in [0.2, 0.25) is 17.8 Å². The third-order valence-corrected chi connectivity index (χ3v) is 6.22. The highest BCUT2D eigenvalue weighted by Gasteiger charge is 2.35. The fourth-order valence-corrected chi connectivity index (χ4v) is 4.26. The summed E-state index contributed by atoms with van der Waals surface area (Å²) in [6.45, 7) is 3.38. The van der Waals surface area contributed by atoms with E-state index in [0.29, 0.717) is 32.1 Å². The summed E-state index contributed by atoms with van der Waals surface area (Å²) in [5.41, 5.74) is 2.74. The minimum Gasteiger partial charge on any atom is -0.494 e. The number of nitrogens with zero attached hydrogens (tertiary/aromatic N) is 3. The summed E-state index contributed by atoms with van der Waals surface area (Å²) in [6, 6.07) is 15.1. The maximum Gasteiger partial charge on any atom is 0.249 e. The number of para-hydroxylation sites is 1. The molecular weight excluding hydrogens is 432 g/mol. The minimum absolute atomic E-state index is 0.0223. The van der Waals surface area contributed by atoms with Gasteiger partial charge in [-0.05, 0) is 50.1 Å². The van der Waals surface area contributed by atoms with Gasteiger partial charge in [-0.2, -0.15) is 0 Å². The van der Waals surface area contributed by atoms with Gasteiger partial charge >= 0.3 is 0 Å². The molecule has 8 heteroatoms. The molecule has 2 aliphatic heterocycles. The number of aliphatic hydroxyl groups is 1. The second-order valence-electron chi connectivity index (χ2n) is 8.64. The molecule has 0 spiro atoms. The number of hydrogen-bond donors (Lipinski definition) is 2. The van der Waals surface area contributed by atoms with Crippen LogP contribution in [0, 0.1) is 0 Å². The summed E-state index contributed by atoms with van der Waals surface area (Å²) in [6.07, 6.45) is 4.12. The molecule has 1 saturated heterocycles. The summed E-state index contributed by atoms with van der Waals surface area (Å²) >= 11 is 0. The van der Waals surface area contributed by atoms with Gasteiger partial charge in [0.05, 0.1) is 18.9 Å². The summed E-state index contributed by atoms with van der Waals surface area (Å²) < 4.78 is 5.93. The predicted octanol–water partition coefficient (Wildman–Crippen LogP) is 3.36. The number of fused-ring (bicyclic) bond motifs is 2. The van der Waals surface area contributed by atoms with E-state index in [2.05, 4.69) is 10.3 Å². The van der Waals surface area contributed by atoms with E-state index in [1.54, 1.807) is 4.90 Å². The fourth-order valence-electron chi connectivity index (χ4n) is 4.26. The summed E-state index contributed by atoms with van der Waals surface area (Å²) in [5.74, 6) is 1.45. The van der Waals surface area contributed by atoms with Crippen LogP contribution in [0.5, 0.6) is 5.75 Å². The van der Waals surface area contributed by atoms with Gasteiger partial charge in [-0.25, -0.2) is 4.99 Å². The summed E-state index contributed by atoms with van der Waals surface area (Å²) in [4.78, 5) is 32.6. The van der Waals surface area contributed by atoms with E-state index < -0.39 is 0 Å². The predicted molar refractivity (Wildman–Crippen MR) is 131 cm³/mol. The Bertz CT molecular complexity index is 1040. The van der Waals surface area contributed by atoms with E-state index in [1.807, 2.05) is 60.4 Å². The van der Waals surface area contributed by atoms with Gasteiger partial charge < -0.3 is 19.6 Å². The molecule has 2 aromatic rings. The largest absolute Gasteiger partial charge is 0.494 e. The Hall–Kier alpha value is -3.39. The number of benzene rings is 2. The third-order valence-electron chi connectivity index (χ3n) is 6.22. The van der Waals surface area contributed by atoms with Crippen LogP contribution in [-0.4, -0.2) is 53.6 Å². The fraction of sp³-hybridized carbons (Fsp3) is 0.423. The van der Waals surface area contributed by atoms with Crippen LogP contribution in [0.1, 0.15) is 44.6 Å². The molecule has 4 rings (SSSR count). The highest BCUT2D eigenvalue weighted by molar-refractivity contribution is 6.07. The highest BCUT2D eigenvalue weighted by atomic mass is 16.5. The number of anilines is 1. The quantitative estimate of drug-likeness (QED) is 0.498. The molecule has 2 aromatic carbocycles. The van der Waals surface area contributed by atoms with Crippen molar-refractivity contribution in [2.45, 2.75) is 51.6 Å². The van der Waals surface area contributed by atoms with E-state index in [1.165, 1.54) is 0 Å². The normalized spacial score (nSPS) is 16.4. The number of guanidine groups is 1. The van der Waals surface area contributed by atoms with Crippen LogP contribution in [-0.2, 0) is 16.1 Å². The average molecular weight is 465 g/mol. The minimum atomic E-state index is -0.216. The number of rotatable bonds is 11. The molecule has 2 heterocycles. The zero-order chi connectivity index (χ0) is 23.9. The molecule has 1 fully saturated rings. The molecule has 8 nitrogen and oxygen atoms in total. The smallest absolute Gasteiger partial charge is 0.249 e. The lowest BCUT2D eigenvalue weighted by Gasteiger charge is -2.26. The Morgan fingerprint density at radius 2 is 1.97 bits per heavy atom. The van der Waals surface area contributed by atoms with Gasteiger partial charge in [-0.1, -0.05) is 31.0 Å². The molecule has 2 N–H and O–H groups in total. The van der Waals surface area contributed by atoms with Crippen LogP contribution >= 0.6 is 0 Å². The molecule has 2 amide bonds. The van der Waals surface area contributed by atoms with E-state index in [0.717, 1.165) is 48.4 Å². The molecule has 2 aliphatic rings. The van der Waals surface area contributed by atoms with Crippen molar-refractivity contribution in [1.82, 2.24) is 10.2 Å². The first-order valence-corrected chi connectivity index (χ1v) is 11.9. The maximum absolute atomic E-state index is 12.6. The number of carbonyl (C=O) groups is 2. The Labute approximate surface area is 200 Å². The number of carbonyl (C=O) groups excluding carboxylic acids is 2. The SMILES string of the molecule is CC1C(=O)NC2=Nc3ccc(OCCCCCCC(=O)N(CCO)c4ccccc4)cc3CN21. The Kier molecular flexibility index (Phi) is 7.80. The highest BCUT2D eigenvalue weighted by Crippen LogP contribution is 2.31. The monoisotopic (exact) mass is 464 g/mol. The second kappa shape index (κ2) is 11.2. The Morgan fingerprint density at radius 1 is 1.18 bits per heavy atom. The molecule has 34 heavy (non-hydrogen) atoms. The molecular formula is C26H32N4O4. The Morgan fingerprint density at radius 3 is 2.76 bits per heavy atom. The van der Waals surface area contributed by atoms with Crippen LogP contribution in [0.2, 0.25) is 0 Å². The van der Waals surface area contributed by atoms with Crippen molar-refractivity contribution in [2.24, 2.45) is 4.99 Å². The van der Waals surface area contributed by atoms with Crippen molar-refractivity contribution < 1.29 is 19.4 Å². The molecule has 1 unspecified atom stereocenters. The van der Waals surface area contributed by atoms with Crippen molar-refractivity contribution in [3.63, 3.8) is 0 Å². The maximum atomic E-state index is 12.6. The van der Waals surface area contributed by atoms with Crippen molar-refractivity contribution in [1.29, 1.82) is 0 Å².